The molecule has 2 aromatic carbocycles. The number of ketones is 1. The molecular formula is C26H27N3O2. The number of para-hydroxylation sites is 1. The molecule has 31 heavy (non-hydrogen) atoms. The third kappa shape index (κ3) is 3.59. The fourth-order valence-electron chi connectivity index (χ4n) is 4.70. The highest BCUT2D eigenvalue weighted by Crippen LogP contribution is 2.31. The predicted molar refractivity (Wildman–Crippen MR) is 124 cm³/mol. The highest BCUT2D eigenvalue weighted by molar-refractivity contribution is 6.10. The fraction of sp³-hybridized carbons (Fsp3) is 0.308. The summed E-state index contributed by atoms with van der Waals surface area (Å²) in [5.74, 6) is 0.770. The molecule has 1 N–H and O–H groups in total. The highest BCUT2D eigenvalue weighted by Gasteiger charge is 2.24. The minimum atomic E-state index is 0.0147. The molecule has 0 spiro atoms. The standard InChI is InChI=1S/C26H27N3O2/c1-2-6-19-11-10-18-7-5-13-28-25(18)26(19)31-17-23(30)24-20-8-3-4-9-21(20)29-16-15-27-14-12-22(24)29/h3-5,7-11,13,27H,2,6,12,14-17H2,1H3. The van der Waals surface area contributed by atoms with Gasteiger partial charge in [-0.3, -0.25) is 9.78 Å². The van der Waals surface area contributed by atoms with E-state index in [-0.39, 0.29) is 12.4 Å². The minimum Gasteiger partial charge on any atom is -0.483 e. The van der Waals surface area contributed by atoms with Gasteiger partial charge in [0.1, 0.15) is 11.3 Å². The largest absolute Gasteiger partial charge is 0.483 e. The molecule has 0 saturated heterocycles. The first kappa shape index (κ1) is 19.8. The van der Waals surface area contributed by atoms with E-state index >= 15 is 0 Å². The summed E-state index contributed by atoms with van der Waals surface area (Å²) in [4.78, 5) is 18.1. The van der Waals surface area contributed by atoms with Gasteiger partial charge in [0.05, 0.1) is 5.56 Å². The van der Waals surface area contributed by atoms with Crippen LogP contribution in [-0.4, -0.2) is 35.0 Å². The maximum Gasteiger partial charge on any atom is 0.202 e. The molecule has 0 amide bonds. The number of fused-ring (bicyclic) bond motifs is 4. The summed E-state index contributed by atoms with van der Waals surface area (Å²) < 4.78 is 8.52. The molecule has 3 heterocycles. The Bertz CT molecular complexity index is 1260. The molecule has 4 aromatic rings. The SMILES string of the molecule is CCCc1ccc2cccnc2c1OCC(=O)c1c2n(c3ccccc13)CCNCC2. The van der Waals surface area contributed by atoms with Crippen LogP contribution in [0.2, 0.25) is 0 Å². The van der Waals surface area contributed by atoms with Crippen LogP contribution < -0.4 is 10.1 Å². The number of carbonyl (C=O) groups excluding carboxylic acids is 1. The normalized spacial score (nSPS) is 13.8. The number of benzene rings is 2. The molecule has 2 aromatic heterocycles. The van der Waals surface area contributed by atoms with Crippen molar-refractivity contribution in [1.82, 2.24) is 14.9 Å². The summed E-state index contributed by atoms with van der Waals surface area (Å²) in [5, 5.41) is 5.49. The quantitative estimate of drug-likeness (QED) is 0.471. The Kier molecular flexibility index (Phi) is 5.43. The van der Waals surface area contributed by atoms with E-state index in [1.54, 1.807) is 6.20 Å². The molecule has 5 heteroatoms. The number of carbonyl (C=O) groups is 1. The van der Waals surface area contributed by atoms with Crippen molar-refractivity contribution in [2.24, 2.45) is 0 Å². The third-order valence-electron chi connectivity index (χ3n) is 6.08. The number of ether oxygens (including phenoxy) is 1. The van der Waals surface area contributed by atoms with E-state index in [4.69, 9.17) is 4.74 Å². The molecule has 0 fully saturated rings. The van der Waals surface area contributed by atoms with E-state index in [1.165, 1.54) is 0 Å². The first-order valence-electron chi connectivity index (χ1n) is 11.1. The third-order valence-corrected chi connectivity index (χ3v) is 6.08. The van der Waals surface area contributed by atoms with Gasteiger partial charge in [0.15, 0.2) is 6.61 Å². The summed E-state index contributed by atoms with van der Waals surface area (Å²) in [6.45, 7) is 4.83. The van der Waals surface area contributed by atoms with E-state index < -0.39 is 0 Å². The van der Waals surface area contributed by atoms with Gasteiger partial charge in [0, 0.05) is 54.2 Å². The van der Waals surface area contributed by atoms with Crippen molar-refractivity contribution in [1.29, 1.82) is 0 Å². The maximum absolute atomic E-state index is 13.5. The minimum absolute atomic E-state index is 0.0147. The Morgan fingerprint density at radius 1 is 1.13 bits per heavy atom. The van der Waals surface area contributed by atoms with E-state index in [0.29, 0.717) is 0 Å². The zero-order valence-corrected chi connectivity index (χ0v) is 17.9. The van der Waals surface area contributed by atoms with Crippen molar-refractivity contribution in [3.63, 3.8) is 0 Å². The summed E-state index contributed by atoms with van der Waals surface area (Å²) in [6.07, 6.45) is 4.52. The molecule has 5 nitrogen and oxygen atoms in total. The van der Waals surface area contributed by atoms with Crippen LogP contribution in [0.15, 0.2) is 54.7 Å². The Morgan fingerprint density at radius 3 is 2.94 bits per heavy atom. The van der Waals surface area contributed by atoms with Gasteiger partial charge in [-0.05, 0) is 24.1 Å². The summed E-state index contributed by atoms with van der Waals surface area (Å²) in [6, 6.07) is 16.3. The van der Waals surface area contributed by atoms with E-state index in [2.05, 4.69) is 46.1 Å². The second-order valence-electron chi connectivity index (χ2n) is 8.08. The van der Waals surface area contributed by atoms with Gasteiger partial charge in [-0.15, -0.1) is 0 Å². The van der Waals surface area contributed by atoms with Crippen LogP contribution in [0.25, 0.3) is 21.8 Å². The van der Waals surface area contributed by atoms with Gasteiger partial charge in [0.2, 0.25) is 5.78 Å². The highest BCUT2D eigenvalue weighted by atomic mass is 16.5. The van der Waals surface area contributed by atoms with Crippen LogP contribution in [0.4, 0.5) is 0 Å². The second kappa shape index (κ2) is 8.52. The van der Waals surface area contributed by atoms with Crippen LogP contribution in [-0.2, 0) is 19.4 Å². The number of rotatable bonds is 6. The zero-order valence-electron chi connectivity index (χ0n) is 17.9. The molecular weight excluding hydrogens is 386 g/mol. The number of aromatic nitrogens is 2. The summed E-state index contributed by atoms with van der Waals surface area (Å²) >= 11 is 0. The van der Waals surface area contributed by atoms with E-state index in [9.17, 15) is 4.79 Å². The Morgan fingerprint density at radius 2 is 2.03 bits per heavy atom. The molecule has 0 saturated carbocycles. The first-order valence-corrected chi connectivity index (χ1v) is 11.1. The van der Waals surface area contributed by atoms with Crippen LogP contribution in [0.1, 0.15) is 35.0 Å². The molecule has 1 aliphatic rings. The molecule has 0 unspecified atom stereocenters. The van der Waals surface area contributed by atoms with Crippen LogP contribution in [0, 0.1) is 0 Å². The van der Waals surface area contributed by atoms with Crippen molar-refractivity contribution in [2.75, 3.05) is 19.7 Å². The van der Waals surface area contributed by atoms with Crippen LogP contribution >= 0.6 is 0 Å². The number of pyridine rings is 1. The zero-order chi connectivity index (χ0) is 21.2. The molecule has 5 rings (SSSR count). The fourth-order valence-corrected chi connectivity index (χ4v) is 4.70. The lowest BCUT2D eigenvalue weighted by Crippen LogP contribution is -2.18. The Balaban J connectivity index is 1.52. The van der Waals surface area contributed by atoms with Crippen molar-refractivity contribution in [2.45, 2.75) is 32.7 Å². The molecule has 0 atom stereocenters. The number of nitrogens with one attached hydrogen (secondary N) is 1. The molecule has 0 aliphatic carbocycles. The van der Waals surface area contributed by atoms with Crippen molar-refractivity contribution in [3.05, 3.63) is 71.5 Å². The molecule has 0 radical (unpaired) electrons. The predicted octanol–water partition coefficient (Wildman–Crippen LogP) is 4.55. The monoisotopic (exact) mass is 413 g/mol. The lowest BCUT2D eigenvalue weighted by molar-refractivity contribution is 0.0922. The summed E-state index contributed by atoms with van der Waals surface area (Å²) in [5.41, 5.74) is 4.98. The number of hydrogen-bond donors (Lipinski definition) is 1. The molecule has 0 bridgehead atoms. The van der Waals surface area contributed by atoms with Gasteiger partial charge in [-0.2, -0.15) is 0 Å². The first-order chi connectivity index (χ1) is 15.3. The number of nitrogens with zero attached hydrogens (tertiary/aromatic N) is 2. The van der Waals surface area contributed by atoms with Gasteiger partial charge in [-0.25, -0.2) is 0 Å². The second-order valence-corrected chi connectivity index (χ2v) is 8.08. The summed E-state index contributed by atoms with van der Waals surface area (Å²) in [7, 11) is 0. The van der Waals surface area contributed by atoms with Crippen LogP contribution in [0.3, 0.4) is 0 Å². The number of Topliss-reactive ketones (excluding diaryl/α,β-unsaturated/α-hetero) is 1. The maximum atomic E-state index is 13.5. The Hall–Kier alpha value is -3.18. The number of hydrogen-bond acceptors (Lipinski definition) is 4. The van der Waals surface area contributed by atoms with Crippen molar-refractivity contribution < 1.29 is 9.53 Å². The van der Waals surface area contributed by atoms with Gasteiger partial charge < -0.3 is 14.6 Å². The van der Waals surface area contributed by atoms with E-state index in [1.807, 2.05) is 24.3 Å². The van der Waals surface area contributed by atoms with E-state index in [0.717, 1.165) is 83.3 Å². The lowest BCUT2D eigenvalue weighted by Gasteiger charge is -2.13. The van der Waals surface area contributed by atoms with Crippen molar-refractivity contribution in [3.8, 4) is 5.75 Å². The number of aryl methyl sites for hydroxylation is 1. The van der Waals surface area contributed by atoms with Gasteiger partial charge in [0.25, 0.3) is 0 Å². The Labute approximate surface area is 182 Å². The molecule has 158 valence electrons. The van der Waals surface area contributed by atoms with Gasteiger partial charge >= 0.3 is 0 Å². The molecule has 1 aliphatic heterocycles. The average molecular weight is 414 g/mol. The van der Waals surface area contributed by atoms with Crippen molar-refractivity contribution >= 4 is 27.6 Å². The van der Waals surface area contributed by atoms with Gasteiger partial charge in [-0.1, -0.05) is 49.7 Å². The smallest absolute Gasteiger partial charge is 0.202 e. The average Bonchev–Trinajstić information content (AvgIpc) is 2.93. The topological polar surface area (TPSA) is 56.1 Å². The lowest BCUT2D eigenvalue weighted by atomic mass is 10.0. The van der Waals surface area contributed by atoms with Crippen LogP contribution in [0.5, 0.6) is 5.75 Å².